The predicted molar refractivity (Wildman–Crippen MR) is 67.7 cm³/mol. The molecule has 0 aromatic carbocycles. The number of thioether (sulfide) groups is 1. The van der Waals surface area contributed by atoms with Crippen LogP contribution in [0.5, 0.6) is 0 Å². The average Bonchev–Trinajstić information content (AvgIpc) is 2.28. The molecule has 0 aromatic rings. The van der Waals surface area contributed by atoms with Gasteiger partial charge in [0.2, 0.25) is 0 Å². The summed E-state index contributed by atoms with van der Waals surface area (Å²) in [5.41, 5.74) is 0. The Morgan fingerprint density at radius 2 is 2.07 bits per heavy atom. The van der Waals surface area contributed by atoms with Crippen LogP contribution in [0.25, 0.3) is 0 Å². The largest absolute Gasteiger partial charge is 0.381 e. The lowest BCUT2D eigenvalue weighted by molar-refractivity contribution is 0.0775. The maximum absolute atomic E-state index is 5.33. The first kappa shape index (κ1) is 13.3. The maximum atomic E-state index is 5.33. The number of nitrogens with zero attached hydrogens (tertiary/aromatic N) is 1. The van der Waals surface area contributed by atoms with Crippen molar-refractivity contribution in [1.82, 2.24) is 10.2 Å². The number of ether oxygens (including phenoxy) is 1. The molecule has 0 radical (unpaired) electrons. The number of likely N-dealkylation sites (N-methyl/N-ethyl adjacent to an activating group) is 1. The van der Waals surface area contributed by atoms with Gasteiger partial charge >= 0.3 is 0 Å². The van der Waals surface area contributed by atoms with E-state index in [1.54, 1.807) is 0 Å². The minimum Gasteiger partial charge on any atom is -0.381 e. The molecule has 3 nitrogen and oxygen atoms in total. The molecule has 4 heteroatoms. The van der Waals surface area contributed by atoms with Crippen LogP contribution in [0.4, 0.5) is 0 Å². The smallest absolute Gasteiger partial charge is 0.0480 e. The molecule has 1 saturated heterocycles. The Labute approximate surface area is 97.9 Å². The lowest BCUT2D eigenvalue weighted by Gasteiger charge is -2.24. The van der Waals surface area contributed by atoms with E-state index in [0.29, 0.717) is 6.04 Å². The molecule has 15 heavy (non-hydrogen) atoms. The molecule has 0 atom stereocenters. The second-order valence-electron chi connectivity index (χ2n) is 4.14. The molecule has 0 amide bonds. The van der Waals surface area contributed by atoms with Crippen molar-refractivity contribution < 1.29 is 4.74 Å². The van der Waals surface area contributed by atoms with Crippen molar-refractivity contribution >= 4 is 11.8 Å². The van der Waals surface area contributed by atoms with Crippen molar-refractivity contribution in [2.45, 2.75) is 18.9 Å². The van der Waals surface area contributed by atoms with Gasteiger partial charge in [-0.15, -0.1) is 0 Å². The number of rotatable bonds is 7. The molecule has 90 valence electrons. The van der Waals surface area contributed by atoms with Crippen LogP contribution in [-0.4, -0.2) is 62.8 Å². The van der Waals surface area contributed by atoms with Crippen LogP contribution >= 0.6 is 11.8 Å². The van der Waals surface area contributed by atoms with E-state index in [0.717, 1.165) is 26.3 Å². The quantitative estimate of drug-likeness (QED) is 0.709. The first-order chi connectivity index (χ1) is 7.33. The van der Waals surface area contributed by atoms with Crippen LogP contribution < -0.4 is 5.32 Å². The highest BCUT2D eigenvalue weighted by Gasteiger charge is 2.12. The molecule has 0 bridgehead atoms. The molecule has 1 rings (SSSR count). The molecule has 1 fully saturated rings. The Morgan fingerprint density at radius 1 is 1.33 bits per heavy atom. The first-order valence-electron chi connectivity index (χ1n) is 5.81. The molecule has 0 aromatic heterocycles. The van der Waals surface area contributed by atoms with Crippen molar-refractivity contribution in [3.05, 3.63) is 0 Å². The van der Waals surface area contributed by atoms with Crippen LogP contribution in [0, 0.1) is 0 Å². The van der Waals surface area contributed by atoms with Gasteiger partial charge in [0, 0.05) is 44.6 Å². The summed E-state index contributed by atoms with van der Waals surface area (Å²) in [5, 5.41) is 3.60. The highest BCUT2D eigenvalue weighted by molar-refractivity contribution is 7.98. The fourth-order valence-electron chi connectivity index (χ4n) is 1.72. The number of nitrogens with one attached hydrogen (secondary N) is 1. The van der Waals surface area contributed by atoms with Crippen molar-refractivity contribution in [3.8, 4) is 0 Å². The van der Waals surface area contributed by atoms with Crippen molar-refractivity contribution in [3.63, 3.8) is 0 Å². The molecule has 1 heterocycles. The first-order valence-corrected chi connectivity index (χ1v) is 7.21. The Bertz CT molecular complexity index is 152. The minimum absolute atomic E-state index is 0.688. The molecule has 0 unspecified atom stereocenters. The van der Waals surface area contributed by atoms with E-state index in [9.17, 15) is 0 Å². The van der Waals surface area contributed by atoms with Gasteiger partial charge in [0.25, 0.3) is 0 Å². The number of hydrogen-bond acceptors (Lipinski definition) is 4. The summed E-state index contributed by atoms with van der Waals surface area (Å²) >= 11 is 1.91. The third-order valence-electron chi connectivity index (χ3n) is 2.82. The summed E-state index contributed by atoms with van der Waals surface area (Å²) in [6.07, 6.45) is 4.51. The highest BCUT2D eigenvalue weighted by Crippen LogP contribution is 2.05. The third kappa shape index (κ3) is 6.40. The zero-order chi connectivity index (χ0) is 10.9. The maximum Gasteiger partial charge on any atom is 0.0480 e. The van der Waals surface area contributed by atoms with Crippen molar-refractivity contribution in [1.29, 1.82) is 0 Å². The van der Waals surface area contributed by atoms with Gasteiger partial charge in [-0.2, -0.15) is 11.8 Å². The van der Waals surface area contributed by atoms with E-state index in [2.05, 4.69) is 23.5 Å². The Morgan fingerprint density at radius 3 is 2.73 bits per heavy atom. The molecule has 0 aliphatic carbocycles. The van der Waals surface area contributed by atoms with E-state index in [-0.39, 0.29) is 0 Å². The van der Waals surface area contributed by atoms with Crippen LogP contribution in [0.15, 0.2) is 0 Å². The van der Waals surface area contributed by atoms with Gasteiger partial charge in [-0.05, 0) is 26.1 Å². The van der Waals surface area contributed by atoms with Gasteiger partial charge < -0.3 is 15.0 Å². The normalized spacial score (nSPS) is 18.6. The van der Waals surface area contributed by atoms with Crippen molar-refractivity contribution in [2.24, 2.45) is 0 Å². The summed E-state index contributed by atoms with van der Waals surface area (Å²) in [5.74, 6) is 1.23. The summed E-state index contributed by atoms with van der Waals surface area (Å²) in [4.78, 5) is 2.39. The van der Waals surface area contributed by atoms with E-state index in [4.69, 9.17) is 4.74 Å². The second kappa shape index (κ2) is 8.39. The van der Waals surface area contributed by atoms with Gasteiger partial charge in [-0.3, -0.25) is 0 Å². The lowest BCUT2D eigenvalue weighted by Crippen LogP contribution is -2.39. The standard InChI is InChI=1S/C11H24N2OS/c1-13(7-10-15-2)6-5-12-11-3-8-14-9-4-11/h11-12H,3-10H2,1-2H3. The molecule has 0 spiro atoms. The Kier molecular flexibility index (Phi) is 7.44. The summed E-state index contributed by atoms with van der Waals surface area (Å²) in [6, 6.07) is 0.688. The van der Waals surface area contributed by atoms with Crippen LogP contribution in [0.2, 0.25) is 0 Å². The average molecular weight is 232 g/mol. The van der Waals surface area contributed by atoms with E-state index < -0.39 is 0 Å². The number of hydrogen-bond donors (Lipinski definition) is 1. The minimum atomic E-state index is 0.688. The summed E-state index contributed by atoms with van der Waals surface area (Å²) in [7, 11) is 2.20. The summed E-state index contributed by atoms with van der Waals surface area (Å²) < 4.78 is 5.33. The van der Waals surface area contributed by atoms with Gasteiger partial charge in [0.15, 0.2) is 0 Å². The van der Waals surface area contributed by atoms with Crippen LogP contribution in [0.3, 0.4) is 0 Å². The Hall–Kier alpha value is 0.230. The molecular formula is C11H24N2OS. The molecule has 0 saturated carbocycles. The third-order valence-corrected chi connectivity index (χ3v) is 3.42. The molecule has 1 N–H and O–H groups in total. The van der Waals surface area contributed by atoms with E-state index >= 15 is 0 Å². The van der Waals surface area contributed by atoms with Crippen LogP contribution in [-0.2, 0) is 4.74 Å². The Balaban J connectivity index is 1.94. The van der Waals surface area contributed by atoms with E-state index in [1.807, 2.05) is 11.8 Å². The molecular weight excluding hydrogens is 208 g/mol. The lowest BCUT2D eigenvalue weighted by atomic mass is 10.1. The van der Waals surface area contributed by atoms with Crippen LogP contribution in [0.1, 0.15) is 12.8 Å². The fourth-order valence-corrected chi connectivity index (χ4v) is 2.21. The summed E-state index contributed by atoms with van der Waals surface area (Å²) in [6.45, 7) is 5.31. The fraction of sp³-hybridized carbons (Fsp3) is 1.00. The monoisotopic (exact) mass is 232 g/mol. The zero-order valence-corrected chi connectivity index (χ0v) is 10.8. The van der Waals surface area contributed by atoms with Gasteiger partial charge in [0.05, 0.1) is 0 Å². The second-order valence-corrected chi connectivity index (χ2v) is 5.12. The van der Waals surface area contributed by atoms with Gasteiger partial charge in [-0.1, -0.05) is 0 Å². The van der Waals surface area contributed by atoms with Crippen molar-refractivity contribution in [2.75, 3.05) is 51.9 Å². The predicted octanol–water partition coefficient (Wildman–Crippen LogP) is 1.05. The van der Waals surface area contributed by atoms with Gasteiger partial charge in [-0.25, -0.2) is 0 Å². The van der Waals surface area contributed by atoms with E-state index in [1.165, 1.54) is 25.1 Å². The van der Waals surface area contributed by atoms with Gasteiger partial charge in [0.1, 0.15) is 0 Å². The zero-order valence-electron chi connectivity index (χ0n) is 10.00. The highest BCUT2D eigenvalue weighted by atomic mass is 32.2. The molecule has 1 aliphatic heterocycles. The topological polar surface area (TPSA) is 24.5 Å². The SMILES string of the molecule is CSCCN(C)CCNC1CCOCC1. The molecule has 1 aliphatic rings.